The third-order valence-corrected chi connectivity index (χ3v) is 4.00. The molecule has 5 nitrogen and oxygen atoms in total. The van der Waals surface area contributed by atoms with Crippen molar-refractivity contribution < 1.29 is 9.53 Å². The average molecular weight is 259 g/mol. The molecule has 2 heterocycles. The Hall–Kier alpha value is -2.04. The van der Waals surface area contributed by atoms with Crippen LogP contribution in [0.5, 0.6) is 0 Å². The number of carbonyl (C=O) groups excluding carboxylic acids is 1. The highest BCUT2D eigenvalue weighted by Gasteiger charge is 2.40. The summed E-state index contributed by atoms with van der Waals surface area (Å²) < 4.78 is 6.59. The van der Waals surface area contributed by atoms with E-state index in [0.29, 0.717) is 0 Å². The van der Waals surface area contributed by atoms with E-state index in [0.717, 1.165) is 35.9 Å². The molecule has 2 aromatic rings. The summed E-state index contributed by atoms with van der Waals surface area (Å²) in [7, 11) is 1.39. The second-order valence-electron chi connectivity index (χ2n) is 5.13. The highest BCUT2D eigenvalue weighted by atomic mass is 16.5. The van der Waals surface area contributed by atoms with Crippen molar-refractivity contribution in [2.45, 2.75) is 31.7 Å². The SMILES string of the molecule is COC(=O)NC1(c2ccc3c(C)cnn3c2)CCC1. The maximum absolute atomic E-state index is 11.5. The zero-order chi connectivity index (χ0) is 13.5. The fourth-order valence-electron chi connectivity index (χ4n) is 2.66. The number of alkyl carbamates (subject to hydrolysis) is 1. The topological polar surface area (TPSA) is 55.6 Å². The van der Waals surface area contributed by atoms with Crippen LogP contribution in [0.1, 0.15) is 30.4 Å². The van der Waals surface area contributed by atoms with Crippen LogP contribution < -0.4 is 5.32 Å². The van der Waals surface area contributed by atoms with Gasteiger partial charge < -0.3 is 10.1 Å². The highest BCUT2D eigenvalue weighted by molar-refractivity contribution is 5.69. The molecule has 1 N–H and O–H groups in total. The number of nitrogens with zero attached hydrogens (tertiary/aromatic N) is 2. The Bertz CT molecular complexity index is 629. The Kier molecular flexibility index (Phi) is 2.69. The Labute approximate surface area is 111 Å². The van der Waals surface area contributed by atoms with Crippen molar-refractivity contribution >= 4 is 11.6 Å². The van der Waals surface area contributed by atoms with Gasteiger partial charge in [0.1, 0.15) is 0 Å². The van der Waals surface area contributed by atoms with Crippen LogP contribution >= 0.6 is 0 Å². The largest absolute Gasteiger partial charge is 0.453 e. The number of hydrogen-bond acceptors (Lipinski definition) is 3. The molecule has 0 unspecified atom stereocenters. The van der Waals surface area contributed by atoms with E-state index < -0.39 is 0 Å². The number of hydrogen-bond donors (Lipinski definition) is 1. The first kappa shape index (κ1) is 12.0. The Balaban J connectivity index is 1.99. The Morgan fingerprint density at radius 1 is 1.47 bits per heavy atom. The lowest BCUT2D eigenvalue weighted by Crippen LogP contribution is -2.50. The van der Waals surface area contributed by atoms with Crippen molar-refractivity contribution in [3.63, 3.8) is 0 Å². The van der Waals surface area contributed by atoms with Gasteiger partial charge in [0, 0.05) is 6.20 Å². The molecule has 5 heteroatoms. The summed E-state index contributed by atoms with van der Waals surface area (Å²) in [5.41, 5.74) is 3.03. The lowest BCUT2D eigenvalue weighted by molar-refractivity contribution is 0.128. The first-order valence-corrected chi connectivity index (χ1v) is 6.45. The normalized spacial score (nSPS) is 16.9. The minimum Gasteiger partial charge on any atom is -0.453 e. The van der Waals surface area contributed by atoms with E-state index in [1.165, 1.54) is 7.11 Å². The molecule has 0 radical (unpaired) electrons. The van der Waals surface area contributed by atoms with Crippen LogP contribution in [-0.2, 0) is 10.3 Å². The van der Waals surface area contributed by atoms with Gasteiger partial charge in [-0.2, -0.15) is 5.10 Å². The van der Waals surface area contributed by atoms with Gasteiger partial charge in [0.05, 0.1) is 24.4 Å². The van der Waals surface area contributed by atoms with Crippen LogP contribution in [0.4, 0.5) is 4.79 Å². The maximum Gasteiger partial charge on any atom is 0.407 e. The minimum absolute atomic E-state index is 0.291. The molecule has 19 heavy (non-hydrogen) atoms. The number of aryl methyl sites for hydroxylation is 1. The number of aromatic nitrogens is 2. The Morgan fingerprint density at radius 3 is 2.89 bits per heavy atom. The number of fused-ring (bicyclic) bond motifs is 1. The van der Waals surface area contributed by atoms with Crippen molar-refractivity contribution in [3.8, 4) is 0 Å². The van der Waals surface area contributed by atoms with Gasteiger partial charge in [-0.3, -0.25) is 0 Å². The molecule has 0 bridgehead atoms. The summed E-state index contributed by atoms with van der Waals surface area (Å²) >= 11 is 0. The molecule has 2 aromatic heterocycles. The molecule has 0 saturated heterocycles. The summed E-state index contributed by atoms with van der Waals surface area (Å²) in [5.74, 6) is 0. The smallest absolute Gasteiger partial charge is 0.407 e. The predicted molar refractivity (Wildman–Crippen MR) is 71.0 cm³/mol. The van der Waals surface area contributed by atoms with E-state index in [4.69, 9.17) is 4.74 Å². The molecule has 0 aromatic carbocycles. The van der Waals surface area contributed by atoms with E-state index >= 15 is 0 Å². The van der Waals surface area contributed by atoms with Gasteiger partial charge >= 0.3 is 6.09 Å². The number of amides is 1. The number of methoxy groups -OCH3 is 1. The van der Waals surface area contributed by atoms with Gasteiger partial charge in [-0.1, -0.05) is 6.07 Å². The van der Waals surface area contributed by atoms with Gasteiger partial charge in [-0.25, -0.2) is 9.31 Å². The van der Waals surface area contributed by atoms with Gasteiger partial charge in [-0.15, -0.1) is 0 Å². The third kappa shape index (κ3) is 1.85. The van der Waals surface area contributed by atoms with E-state index in [9.17, 15) is 4.79 Å². The number of ether oxygens (including phenoxy) is 1. The quantitative estimate of drug-likeness (QED) is 0.900. The highest BCUT2D eigenvalue weighted by Crippen LogP contribution is 2.41. The predicted octanol–water partition coefficient (Wildman–Crippen LogP) is 2.38. The molecule has 1 aliphatic rings. The fourth-order valence-corrected chi connectivity index (χ4v) is 2.66. The minimum atomic E-state index is -0.378. The first-order chi connectivity index (χ1) is 9.14. The van der Waals surface area contributed by atoms with Crippen LogP contribution in [0.15, 0.2) is 24.5 Å². The molecule has 100 valence electrons. The third-order valence-electron chi connectivity index (χ3n) is 4.00. The van der Waals surface area contributed by atoms with Gasteiger partial charge in [0.2, 0.25) is 0 Å². The van der Waals surface area contributed by atoms with Gasteiger partial charge in [-0.05, 0) is 43.4 Å². The Morgan fingerprint density at radius 2 is 2.26 bits per heavy atom. The number of nitrogens with one attached hydrogen (secondary N) is 1. The van der Waals surface area contributed by atoms with Crippen LogP contribution in [0, 0.1) is 6.92 Å². The summed E-state index contributed by atoms with van der Waals surface area (Å²) in [4.78, 5) is 11.5. The average Bonchev–Trinajstić information content (AvgIpc) is 2.75. The van der Waals surface area contributed by atoms with Crippen LogP contribution in [-0.4, -0.2) is 22.8 Å². The fraction of sp³-hybridized carbons (Fsp3) is 0.429. The lowest BCUT2D eigenvalue weighted by Gasteiger charge is -2.42. The number of rotatable bonds is 2. The van der Waals surface area contributed by atoms with Crippen molar-refractivity contribution in [2.75, 3.05) is 7.11 Å². The standard InChI is InChI=1S/C14H17N3O2/c1-10-8-15-17-9-11(4-5-12(10)17)14(6-3-7-14)16-13(18)19-2/h4-5,8-9H,3,6-7H2,1-2H3,(H,16,18). The first-order valence-electron chi connectivity index (χ1n) is 6.45. The number of pyridine rings is 1. The van der Waals surface area contributed by atoms with Crippen molar-refractivity contribution in [2.24, 2.45) is 0 Å². The molecule has 3 rings (SSSR count). The summed E-state index contributed by atoms with van der Waals surface area (Å²) in [6, 6.07) is 4.12. The van der Waals surface area contributed by atoms with Crippen LogP contribution in [0.2, 0.25) is 0 Å². The van der Waals surface area contributed by atoms with Crippen molar-refractivity contribution in [3.05, 3.63) is 35.7 Å². The van der Waals surface area contributed by atoms with E-state index in [1.807, 2.05) is 23.8 Å². The van der Waals surface area contributed by atoms with Crippen LogP contribution in [0.25, 0.3) is 5.52 Å². The monoisotopic (exact) mass is 259 g/mol. The van der Waals surface area contributed by atoms with Crippen molar-refractivity contribution in [1.29, 1.82) is 0 Å². The maximum atomic E-state index is 11.5. The van der Waals surface area contributed by atoms with E-state index in [2.05, 4.69) is 22.5 Å². The summed E-state index contributed by atoms with van der Waals surface area (Å²) in [6.07, 6.45) is 6.45. The van der Waals surface area contributed by atoms with E-state index in [-0.39, 0.29) is 11.6 Å². The molecule has 1 saturated carbocycles. The zero-order valence-electron chi connectivity index (χ0n) is 11.1. The molecule has 1 amide bonds. The van der Waals surface area contributed by atoms with E-state index in [1.54, 1.807) is 0 Å². The molecular formula is C14H17N3O2. The summed E-state index contributed by atoms with van der Waals surface area (Å²) in [5, 5.41) is 7.29. The summed E-state index contributed by atoms with van der Waals surface area (Å²) in [6.45, 7) is 2.04. The zero-order valence-corrected chi connectivity index (χ0v) is 11.1. The molecule has 0 atom stereocenters. The van der Waals surface area contributed by atoms with Crippen LogP contribution in [0.3, 0.4) is 0 Å². The lowest BCUT2D eigenvalue weighted by atomic mass is 9.72. The molecule has 0 spiro atoms. The van der Waals surface area contributed by atoms with Crippen molar-refractivity contribution in [1.82, 2.24) is 14.9 Å². The van der Waals surface area contributed by atoms with Gasteiger partial charge in [0.25, 0.3) is 0 Å². The molecule has 1 aliphatic carbocycles. The molecule has 1 fully saturated rings. The second kappa shape index (κ2) is 4.26. The molecule has 0 aliphatic heterocycles. The van der Waals surface area contributed by atoms with Gasteiger partial charge in [0.15, 0.2) is 0 Å². The number of carbonyl (C=O) groups is 1. The second-order valence-corrected chi connectivity index (χ2v) is 5.13. The molecular weight excluding hydrogens is 242 g/mol.